The van der Waals surface area contributed by atoms with Crippen LogP contribution >= 0.6 is 24.2 Å². The Bertz CT molecular complexity index is 1190. The average molecular weight is 439 g/mol. The van der Waals surface area contributed by atoms with Crippen LogP contribution in [0.5, 0.6) is 11.5 Å². The zero-order valence-electron chi connectivity index (χ0n) is 15.4. The Morgan fingerprint density at radius 3 is 2.47 bits per heavy atom. The van der Waals surface area contributed by atoms with Crippen LogP contribution in [-0.2, 0) is 0 Å². The van der Waals surface area contributed by atoms with Gasteiger partial charge in [-0.3, -0.25) is 10.0 Å². The number of hydrogen-bond acceptors (Lipinski definition) is 5. The minimum atomic E-state index is -0.499. The fourth-order valence-corrected chi connectivity index (χ4v) is 3.35. The number of urea groups is 1. The third-order valence-electron chi connectivity index (χ3n) is 3.99. The summed E-state index contributed by atoms with van der Waals surface area (Å²) < 4.78 is 27.2. The standard InChI is InChI=1S/C22H15FN2O3S2/c23-15-6-11-19-14(12-15)13-20(28-19)21(29)24-22(26)25-30-18-9-7-17(8-10-18)27-16-4-2-1-3-5-16/h1-13H,(H2,24,25,26,29). The number of carbonyl (C=O) groups excluding carboxylic acids is 1. The number of benzene rings is 3. The number of nitrogens with one attached hydrogen (secondary N) is 2. The van der Waals surface area contributed by atoms with Gasteiger partial charge in [-0.1, -0.05) is 30.4 Å². The summed E-state index contributed by atoms with van der Waals surface area (Å²) in [7, 11) is 0. The summed E-state index contributed by atoms with van der Waals surface area (Å²) in [5.41, 5.74) is 0.489. The molecule has 1 aromatic heterocycles. The van der Waals surface area contributed by atoms with Gasteiger partial charge in [0.05, 0.1) is 0 Å². The summed E-state index contributed by atoms with van der Waals surface area (Å²) in [5.74, 6) is 1.35. The second kappa shape index (κ2) is 8.98. The van der Waals surface area contributed by atoms with Crippen LogP contribution in [0.3, 0.4) is 0 Å². The molecule has 0 saturated carbocycles. The molecule has 0 aliphatic rings. The second-order valence-corrected chi connectivity index (χ2v) is 7.45. The number of hydrogen-bond donors (Lipinski definition) is 2. The van der Waals surface area contributed by atoms with Gasteiger partial charge in [0.25, 0.3) is 0 Å². The minimum Gasteiger partial charge on any atom is -0.457 e. The van der Waals surface area contributed by atoms with Crippen molar-refractivity contribution < 1.29 is 18.3 Å². The van der Waals surface area contributed by atoms with E-state index in [0.29, 0.717) is 16.7 Å². The van der Waals surface area contributed by atoms with Crippen LogP contribution in [0.2, 0.25) is 0 Å². The summed E-state index contributed by atoms with van der Waals surface area (Å²) in [4.78, 5) is 13.0. The van der Waals surface area contributed by atoms with Gasteiger partial charge >= 0.3 is 6.03 Å². The summed E-state index contributed by atoms with van der Waals surface area (Å²) in [6, 6.07) is 22.0. The fourth-order valence-electron chi connectivity index (χ4n) is 2.62. The van der Waals surface area contributed by atoms with Gasteiger partial charge in [0.15, 0.2) is 10.7 Å². The first-order chi connectivity index (χ1) is 14.6. The predicted molar refractivity (Wildman–Crippen MR) is 118 cm³/mol. The van der Waals surface area contributed by atoms with Crippen LogP contribution in [0.15, 0.2) is 88.2 Å². The lowest BCUT2D eigenvalue weighted by Gasteiger charge is -2.08. The van der Waals surface area contributed by atoms with Crippen molar-refractivity contribution in [1.82, 2.24) is 10.0 Å². The van der Waals surface area contributed by atoms with E-state index in [4.69, 9.17) is 21.4 Å². The molecule has 2 amide bonds. The van der Waals surface area contributed by atoms with E-state index in [1.165, 1.54) is 18.2 Å². The van der Waals surface area contributed by atoms with E-state index in [1.54, 1.807) is 6.07 Å². The van der Waals surface area contributed by atoms with Gasteiger partial charge in [-0.25, -0.2) is 9.18 Å². The van der Waals surface area contributed by atoms with Crippen LogP contribution in [0.4, 0.5) is 9.18 Å². The Kier molecular flexibility index (Phi) is 5.97. The van der Waals surface area contributed by atoms with Crippen molar-refractivity contribution in [1.29, 1.82) is 0 Å². The summed E-state index contributed by atoms with van der Waals surface area (Å²) in [6.45, 7) is 0. The largest absolute Gasteiger partial charge is 0.457 e. The second-order valence-electron chi connectivity index (χ2n) is 6.17. The van der Waals surface area contributed by atoms with Crippen molar-refractivity contribution in [3.05, 3.63) is 90.4 Å². The molecule has 5 nitrogen and oxygen atoms in total. The number of amides is 2. The summed E-state index contributed by atoms with van der Waals surface area (Å²) in [6.07, 6.45) is 0. The Hall–Kier alpha value is -3.36. The van der Waals surface area contributed by atoms with E-state index in [1.807, 2.05) is 54.6 Å². The van der Waals surface area contributed by atoms with Gasteiger partial charge in [-0.2, -0.15) is 0 Å². The van der Waals surface area contributed by atoms with Crippen molar-refractivity contribution in [3.8, 4) is 11.5 Å². The molecule has 30 heavy (non-hydrogen) atoms. The molecular formula is C22H15FN2O3S2. The Labute approximate surface area is 181 Å². The molecule has 1 heterocycles. The maximum atomic E-state index is 13.3. The predicted octanol–water partition coefficient (Wildman–Crippen LogP) is 6.05. The smallest absolute Gasteiger partial charge is 0.330 e. The topological polar surface area (TPSA) is 63.5 Å². The Morgan fingerprint density at radius 1 is 0.967 bits per heavy atom. The maximum Gasteiger partial charge on any atom is 0.330 e. The van der Waals surface area contributed by atoms with Gasteiger partial charge in [0.2, 0.25) is 0 Å². The molecule has 3 aromatic carbocycles. The molecule has 0 bridgehead atoms. The van der Waals surface area contributed by atoms with Gasteiger partial charge in [0.1, 0.15) is 22.9 Å². The van der Waals surface area contributed by atoms with E-state index in [9.17, 15) is 9.18 Å². The van der Waals surface area contributed by atoms with Gasteiger partial charge < -0.3 is 9.15 Å². The van der Waals surface area contributed by atoms with Crippen LogP contribution in [0.1, 0.15) is 5.76 Å². The molecule has 0 radical (unpaired) electrons. The molecule has 0 unspecified atom stereocenters. The molecule has 150 valence electrons. The molecule has 2 N–H and O–H groups in total. The molecule has 0 fully saturated rings. The number of rotatable bonds is 5. The average Bonchev–Trinajstić information content (AvgIpc) is 3.17. The van der Waals surface area contributed by atoms with E-state index >= 15 is 0 Å². The number of carbonyl (C=O) groups is 1. The molecule has 0 spiro atoms. The minimum absolute atomic E-state index is 0.108. The van der Waals surface area contributed by atoms with E-state index in [-0.39, 0.29) is 16.6 Å². The molecular weight excluding hydrogens is 423 g/mol. The first-order valence-corrected chi connectivity index (χ1v) is 10.1. The number of thiocarbonyl (C=S) groups is 1. The van der Waals surface area contributed by atoms with Gasteiger partial charge in [-0.15, -0.1) is 0 Å². The number of fused-ring (bicyclic) bond motifs is 1. The first-order valence-electron chi connectivity index (χ1n) is 8.87. The van der Waals surface area contributed by atoms with Crippen LogP contribution in [-0.4, -0.2) is 11.0 Å². The highest BCUT2D eigenvalue weighted by molar-refractivity contribution is 7.98. The molecule has 8 heteroatoms. The highest BCUT2D eigenvalue weighted by atomic mass is 32.2. The van der Waals surface area contributed by atoms with Crippen LogP contribution in [0, 0.1) is 5.82 Å². The lowest BCUT2D eigenvalue weighted by atomic mass is 10.2. The Balaban J connectivity index is 1.30. The molecule has 0 atom stereocenters. The third-order valence-corrected chi connectivity index (χ3v) is 5.09. The summed E-state index contributed by atoms with van der Waals surface area (Å²) >= 11 is 6.33. The fraction of sp³-hybridized carbons (Fsp3) is 0. The maximum absolute atomic E-state index is 13.3. The third kappa shape index (κ3) is 4.97. The molecule has 4 aromatic rings. The van der Waals surface area contributed by atoms with E-state index in [0.717, 1.165) is 22.6 Å². The quantitative estimate of drug-likeness (QED) is 0.294. The lowest BCUT2D eigenvalue weighted by Crippen LogP contribution is -2.35. The van der Waals surface area contributed by atoms with Crippen molar-refractivity contribution in [2.45, 2.75) is 4.90 Å². The number of ether oxygens (including phenoxy) is 1. The van der Waals surface area contributed by atoms with Crippen molar-refractivity contribution in [2.24, 2.45) is 0 Å². The summed E-state index contributed by atoms with van der Waals surface area (Å²) in [5, 5.41) is 3.11. The van der Waals surface area contributed by atoms with Crippen LogP contribution in [0.25, 0.3) is 11.0 Å². The highest BCUT2D eigenvalue weighted by Gasteiger charge is 2.12. The monoisotopic (exact) mass is 438 g/mol. The normalized spacial score (nSPS) is 10.6. The molecule has 0 aliphatic heterocycles. The number of para-hydroxylation sites is 1. The van der Waals surface area contributed by atoms with Crippen LogP contribution < -0.4 is 14.8 Å². The molecule has 4 rings (SSSR count). The Morgan fingerprint density at radius 2 is 1.70 bits per heavy atom. The zero-order valence-corrected chi connectivity index (χ0v) is 17.1. The van der Waals surface area contributed by atoms with Crippen molar-refractivity contribution >= 4 is 46.2 Å². The van der Waals surface area contributed by atoms with Crippen molar-refractivity contribution in [3.63, 3.8) is 0 Å². The molecule has 0 aliphatic carbocycles. The van der Waals surface area contributed by atoms with Crippen molar-refractivity contribution in [2.75, 3.05) is 0 Å². The van der Waals surface area contributed by atoms with Gasteiger partial charge in [0, 0.05) is 10.3 Å². The zero-order chi connectivity index (χ0) is 20.9. The first kappa shape index (κ1) is 19.9. The number of furan rings is 1. The van der Waals surface area contributed by atoms with E-state index in [2.05, 4.69) is 10.0 Å². The van der Waals surface area contributed by atoms with E-state index < -0.39 is 6.03 Å². The molecule has 0 saturated heterocycles. The van der Waals surface area contributed by atoms with Gasteiger partial charge in [-0.05, 0) is 72.6 Å². The lowest BCUT2D eigenvalue weighted by molar-refractivity contribution is 0.250. The number of halogens is 1. The highest BCUT2D eigenvalue weighted by Crippen LogP contribution is 2.24. The SMILES string of the molecule is O=C(NSc1ccc(Oc2ccccc2)cc1)NC(=S)c1cc2cc(F)ccc2o1.